The Balaban J connectivity index is 1.27. The van der Waals surface area contributed by atoms with Gasteiger partial charge in [-0.05, 0) is 42.5 Å². The van der Waals surface area contributed by atoms with Crippen molar-refractivity contribution < 1.29 is 9.53 Å². The van der Waals surface area contributed by atoms with Crippen LogP contribution in [0.3, 0.4) is 0 Å². The van der Waals surface area contributed by atoms with Crippen molar-refractivity contribution in [2.75, 3.05) is 13.1 Å². The maximum Gasteiger partial charge on any atom is 0.234 e. The lowest BCUT2D eigenvalue weighted by atomic mass is 10.0. The predicted molar refractivity (Wildman–Crippen MR) is 101 cm³/mol. The third kappa shape index (κ3) is 3.56. The second-order valence-electron chi connectivity index (χ2n) is 7.09. The molecular weight excluding hydrogens is 324 g/mol. The normalized spacial score (nSPS) is 20.3. The maximum absolute atomic E-state index is 12.9. The zero-order chi connectivity index (χ0) is 17.9. The van der Waals surface area contributed by atoms with E-state index in [4.69, 9.17) is 4.74 Å². The van der Waals surface area contributed by atoms with Gasteiger partial charge in [0.2, 0.25) is 5.91 Å². The van der Waals surface area contributed by atoms with Crippen LogP contribution in [0.1, 0.15) is 30.9 Å². The molecule has 0 spiro atoms. The van der Waals surface area contributed by atoms with E-state index >= 15 is 0 Å². The van der Waals surface area contributed by atoms with Crippen LogP contribution in [-0.2, 0) is 16.1 Å². The number of carbonyl (C=O) groups excluding carboxylic acids is 1. The van der Waals surface area contributed by atoms with Crippen molar-refractivity contribution in [3.63, 3.8) is 0 Å². The Morgan fingerprint density at radius 1 is 1.15 bits per heavy atom. The second-order valence-corrected chi connectivity index (χ2v) is 7.09. The minimum atomic E-state index is -0.00902. The summed E-state index contributed by atoms with van der Waals surface area (Å²) < 4.78 is 6.00. The molecule has 0 saturated carbocycles. The van der Waals surface area contributed by atoms with Gasteiger partial charge in [-0.3, -0.25) is 9.78 Å². The van der Waals surface area contributed by atoms with E-state index in [9.17, 15) is 4.79 Å². The van der Waals surface area contributed by atoms with Crippen LogP contribution in [0.4, 0.5) is 0 Å². The molecule has 1 atom stereocenters. The van der Waals surface area contributed by atoms with Crippen LogP contribution < -0.4 is 0 Å². The molecule has 1 aliphatic carbocycles. The van der Waals surface area contributed by atoms with Crippen LogP contribution in [0.15, 0.2) is 60.4 Å². The number of hydrogen-bond acceptors (Lipinski definition) is 3. The highest BCUT2D eigenvalue weighted by molar-refractivity contribution is 6.05. The van der Waals surface area contributed by atoms with Crippen molar-refractivity contribution in [3.8, 4) is 0 Å². The van der Waals surface area contributed by atoms with Gasteiger partial charge in [0.05, 0.1) is 18.6 Å². The standard InChI is InChI=1S/C22H24N2O2/c1-16-20(18-7-3-2-4-8-18)21(16)22(25)24-12-9-19(10-13-24)26-15-17-6-5-11-23-14-17/h2-8,11,14,19,21H,9-10,12-13,15H2,1H3/t21-/m1/s1. The fraction of sp³-hybridized carbons (Fsp3) is 0.364. The quantitative estimate of drug-likeness (QED) is 0.827. The minimum absolute atomic E-state index is 0.00902. The Hall–Kier alpha value is -2.46. The summed E-state index contributed by atoms with van der Waals surface area (Å²) in [6.07, 6.45) is 5.63. The van der Waals surface area contributed by atoms with Gasteiger partial charge >= 0.3 is 0 Å². The maximum atomic E-state index is 12.9. The molecule has 0 N–H and O–H groups in total. The number of benzene rings is 1. The fourth-order valence-corrected chi connectivity index (χ4v) is 3.77. The van der Waals surface area contributed by atoms with Crippen molar-refractivity contribution in [1.82, 2.24) is 9.88 Å². The molecule has 4 rings (SSSR count). The molecule has 0 unspecified atom stereocenters. The molecule has 1 aromatic carbocycles. The Labute approximate surface area is 154 Å². The molecular formula is C22H24N2O2. The van der Waals surface area contributed by atoms with Gasteiger partial charge in [0.25, 0.3) is 0 Å². The summed E-state index contributed by atoms with van der Waals surface area (Å²) >= 11 is 0. The average Bonchev–Trinajstić information content (AvgIpc) is 3.38. The van der Waals surface area contributed by atoms with E-state index in [1.165, 1.54) is 16.7 Å². The van der Waals surface area contributed by atoms with Crippen LogP contribution in [-0.4, -0.2) is 35.0 Å². The van der Waals surface area contributed by atoms with Crippen LogP contribution in [0.2, 0.25) is 0 Å². The van der Waals surface area contributed by atoms with Gasteiger partial charge in [-0.25, -0.2) is 0 Å². The van der Waals surface area contributed by atoms with Crippen LogP contribution in [0, 0.1) is 5.92 Å². The SMILES string of the molecule is CC1=C(c2ccccc2)[C@@H]1C(=O)N1CCC(OCc2cccnc2)CC1. The predicted octanol–water partition coefficient (Wildman–Crippen LogP) is 3.69. The molecule has 134 valence electrons. The fourth-order valence-electron chi connectivity index (χ4n) is 3.77. The van der Waals surface area contributed by atoms with Crippen LogP contribution in [0.5, 0.6) is 0 Å². The first-order valence-corrected chi connectivity index (χ1v) is 9.29. The number of rotatable bonds is 5. The second kappa shape index (κ2) is 7.42. The highest BCUT2D eigenvalue weighted by Gasteiger charge is 2.42. The molecule has 1 aromatic heterocycles. The monoisotopic (exact) mass is 348 g/mol. The smallest absolute Gasteiger partial charge is 0.234 e. The van der Waals surface area contributed by atoms with Gasteiger partial charge in [0.1, 0.15) is 0 Å². The molecule has 1 aliphatic heterocycles. The van der Waals surface area contributed by atoms with Crippen molar-refractivity contribution in [1.29, 1.82) is 0 Å². The lowest BCUT2D eigenvalue weighted by molar-refractivity contribution is -0.134. The minimum Gasteiger partial charge on any atom is -0.373 e. The molecule has 26 heavy (non-hydrogen) atoms. The van der Waals surface area contributed by atoms with Crippen molar-refractivity contribution in [2.24, 2.45) is 5.92 Å². The third-order valence-electron chi connectivity index (χ3n) is 5.36. The van der Waals surface area contributed by atoms with E-state index in [0.29, 0.717) is 6.61 Å². The molecule has 4 nitrogen and oxygen atoms in total. The number of ether oxygens (including phenoxy) is 1. The van der Waals surface area contributed by atoms with E-state index in [2.05, 4.69) is 24.0 Å². The Bertz CT molecular complexity index is 793. The van der Waals surface area contributed by atoms with E-state index in [1.54, 1.807) is 6.20 Å². The number of carbonyl (C=O) groups is 1. The van der Waals surface area contributed by atoms with E-state index in [0.717, 1.165) is 31.5 Å². The number of hydrogen-bond donors (Lipinski definition) is 0. The molecule has 0 radical (unpaired) electrons. The van der Waals surface area contributed by atoms with Gasteiger partial charge in [-0.1, -0.05) is 42.0 Å². The van der Waals surface area contributed by atoms with Gasteiger partial charge in [-0.2, -0.15) is 0 Å². The Morgan fingerprint density at radius 2 is 1.92 bits per heavy atom. The van der Waals surface area contributed by atoms with E-state index in [1.807, 2.05) is 41.4 Å². The summed E-state index contributed by atoms with van der Waals surface area (Å²) in [7, 11) is 0. The first-order chi connectivity index (χ1) is 12.7. The topological polar surface area (TPSA) is 42.4 Å². The van der Waals surface area contributed by atoms with Gasteiger partial charge < -0.3 is 9.64 Å². The van der Waals surface area contributed by atoms with Crippen LogP contribution >= 0.6 is 0 Å². The largest absolute Gasteiger partial charge is 0.373 e. The van der Waals surface area contributed by atoms with Crippen molar-refractivity contribution in [2.45, 2.75) is 32.5 Å². The highest BCUT2D eigenvalue weighted by Crippen LogP contribution is 2.47. The number of aromatic nitrogens is 1. The van der Waals surface area contributed by atoms with Crippen molar-refractivity contribution in [3.05, 3.63) is 71.6 Å². The summed E-state index contributed by atoms with van der Waals surface area (Å²) in [6, 6.07) is 14.2. The number of pyridine rings is 1. The first kappa shape index (κ1) is 17.0. The molecule has 2 aliphatic rings. The zero-order valence-corrected chi connectivity index (χ0v) is 15.1. The van der Waals surface area contributed by atoms with Crippen molar-refractivity contribution >= 4 is 11.5 Å². The average molecular weight is 348 g/mol. The number of nitrogens with zero attached hydrogens (tertiary/aromatic N) is 2. The summed E-state index contributed by atoms with van der Waals surface area (Å²) in [5, 5.41) is 0. The van der Waals surface area contributed by atoms with Crippen LogP contribution in [0.25, 0.3) is 5.57 Å². The molecule has 2 aromatic rings. The molecule has 4 heteroatoms. The van der Waals surface area contributed by atoms with E-state index in [-0.39, 0.29) is 17.9 Å². The molecule has 0 bridgehead atoms. The Kier molecular flexibility index (Phi) is 4.85. The summed E-state index contributed by atoms with van der Waals surface area (Å²) in [6.45, 7) is 4.23. The number of amides is 1. The molecule has 2 heterocycles. The number of likely N-dealkylation sites (tertiary alicyclic amines) is 1. The van der Waals surface area contributed by atoms with E-state index < -0.39 is 0 Å². The molecule has 1 saturated heterocycles. The third-order valence-corrected chi connectivity index (χ3v) is 5.36. The van der Waals surface area contributed by atoms with Gasteiger partial charge in [-0.15, -0.1) is 0 Å². The number of piperidine rings is 1. The lowest BCUT2D eigenvalue weighted by Gasteiger charge is -2.32. The highest BCUT2D eigenvalue weighted by atomic mass is 16.5. The summed E-state index contributed by atoms with van der Waals surface area (Å²) in [5.41, 5.74) is 4.70. The zero-order valence-electron chi connectivity index (χ0n) is 15.1. The summed E-state index contributed by atoms with van der Waals surface area (Å²) in [5.74, 6) is 0.248. The van der Waals surface area contributed by atoms with Gasteiger partial charge in [0.15, 0.2) is 0 Å². The molecule has 1 fully saturated rings. The summed E-state index contributed by atoms with van der Waals surface area (Å²) in [4.78, 5) is 19.0. The Morgan fingerprint density at radius 3 is 2.62 bits per heavy atom. The first-order valence-electron chi connectivity index (χ1n) is 9.29. The van der Waals surface area contributed by atoms with Gasteiger partial charge in [0, 0.05) is 25.5 Å². The molecule has 1 amide bonds. The lowest BCUT2D eigenvalue weighted by Crippen LogP contribution is -2.42.